The highest BCUT2D eigenvalue weighted by Crippen LogP contribution is 2.40. The van der Waals surface area contributed by atoms with Gasteiger partial charge in [-0.25, -0.2) is 0 Å². The van der Waals surface area contributed by atoms with Crippen LogP contribution in [0.4, 0.5) is 0 Å². The van der Waals surface area contributed by atoms with Crippen LogP contribution in [0.25, 0.3) is 21.5 Å². The predicted octanol–water partition coefficient (Wildman–Crippen LogP) is 3.20. The zero-order valence-electron chi connectivity index (χ0n) is 13.7. The van der Waals surface area contributed by atoms with Crippen LogP contribution in [-0.2, 0) is 14.2 Å². The van der Waals surface area contributed by atoms with Crippen molar-refractivity contribution in [2.75, 3.05) is 26.4 Å². The molecule has 3 aromatic carbocycles. The van der Waals surface area contributed by atoms with Gasteiger partial charge < -0.3 is 24.4 Å². The summed E-state index contributed by atoms with van der Waals surface area (Å²) in [5.74, 6) is 0.452. The highest BCUT2D eigenvalue weighted by Gasteiger charge is 2.26. The number of hydrogen-bond acceptors (Lipinski definition) is 5. The molecule has 0 radical (unpaired) electrons. The fourth-order valence-electron chi connectivity index (χ4n) is 2.74. The smallest absolute Gasteiger partial charge is 0.131 e. The SMILES string of the molecule is C(OCC1CO1)C1CO1.Oc1c2ccccc2c(O)c2ccccc12. The van der Waals surface area contributed by atoms with Gasteiger partial charge in [-0.05, 0) is 0 Å². The monoisotopic (exact) mass is 340 g/mol. The molecule has 3 aromatic rings. The second-order valence-electron chi connectivity index (χ2n) is 6.24. The van der Waals surface area contributed by atoms with Gasteiger partial charge in [0.1, 0.15) is 23.7 Å². The molecule has 5 rings (SSSR count). The lowest BCUT2D eigenvalue weighted by molar-refractivity contribution is 0.102. The number of ether oxygens (including phenoxy) is 3. The summed E-state index contributed by atoms with van der Waals surface area (Å²) in [4.78, 5) is 0. The van der Waals surface area contributed by atoms with E-state index in [4.69, 9.17) is 14.2 Å². The quantitative estimate of drug-likeness (QED) is 0.433. The van der Waals surface area contributed by atoms with Crippen LogP contribution >= 0.6 is 0 Å². The molecule has 2 N–H and O–H groups in total. The van der Waals surface area contributed by atoms with Crippen LogP contribution in [0.2, 0.25) is 0 Å². The van der Waals surface area contributed by atoms with E-state index < -0.39 is 0 Å². The van der Waals surface area contributed by atoms with Gasteiger partial charge in [-0.15, -0.1) is 0 Å². The second-order valence-corrected chi connectivity index (χ2v) is 6.24. The topological polar surface area (TPSA) is 74.8 Å². The number of phenolic OH excluding ortho intramolecular Hbond substituents is 2. The molecule has 0 aliphatic carbocycles. The molecule has 2 aliphatic heterocycles. The molecule has 2 saturated heterocycles. The first-order valence-electron chi connectivity index (χ1n) is 8.36. The van der Waals surface area contributed by atoms with Crippen LogP contribution in [0.15, 0.2) is 48.5 Å². The van der Waals surface area contributed by atoms with Crippen molar-refractivity contribution in [3.8, 4) is 11.5 Å². The third-order valence-electron chi connectivity index (χ3n) is 4.29. The molecule has 2 aliphatic rings. The van der Waals surface area contributed by atoms with Crippen molar-refractivity contribution in [2.45, 2.75) is 12.2 Å². The van der Waals surface area contributed by atoms with E-state index in [1.165, 1.54) is 0 Å². The fraction of sp³-hybridized carbons (Fsp3) is 0.300. The van der Waals surface area contributed by atoms with E-state index in [0.29, 0.717) is 33.8 Å². The summed E-state index contributed by atoms with van der Waals surface area (Å²) >= 11 is 0. The van der Waals surface area contributed by atoms with Gasteiger partial charge in [0.25, 0.3) is 0 Å². The first-order valence-corrected chi connectivity index (χ1v) is 8.36. The highest BCUT2D eigenvalue weighted by atomic mass is 16.6. The van der Waals surface area contributed by atoms with Gasteiger partial charge in [0.05, 0.1) is 26.4 Å². The molecule has 130 valence electrons. The van der Waals surface area contributed by atoms with Crippen LogP contribution in [0.3, 0.4) is 0 Å². The number of epoxide rings is 2. The molecule has 2 fully saturated rings. The first kappa shape index (κ1) is 16.1. The van der Waals surface area contributed by atoms with E-state index >= 15 is 0 Å². The van der Waals surface area contributed by atoms with Gasteiger partial charge in [-0.3, -0.25) is 0 Å². The molecule has 5 heteroatoms. The maximum Gasteiger partial charge on any atom is 0.131 e. The average Bonchev–Trinajstić information content (AvgIpc) is 3.56. The molecule has 2 unspecified atom stereocenters. The van der Waals surface area contributed by atoms with Crippen molar-refractivity contribution in [1.29, 1.82) is 0 Å². The minimum absolute atomic E-state index is 0.226. The van der Waals surface area contributed by atoms with E-state index in [-0.39, 0.29) is 11.5 Å². The summed E-state index contributed by atoms with van der Waals surface area (Å²) in [6.45, 7) is 3.26. The van der Waals surface area contributed by atoms with E-state index in [1.54, 1.807) is 24.3 Å². The van der Waals surface area contributed by atoms with Crippen LogP contribution in [-0.4, -0.2) is 48.8 Å². The van der Waals surface area contributed by atoms with Crippen molar-refractivity contribution < 1.29 is 24.4 Å². The fourth-order valence-corrected chi connectivity index (χ4v) is 2.74. The summed E-state index contributed by atoms with van der Waals surface area (Å²) in [7, 11) is 0. The Balaban J connectivity index is 0.000000147. The molecule has 0 saturated carbocycles. The molecule has 2 atom stereocenters. The molecule has 25 heavy (non-hydrogen) atoms. The van der Waals surface area contributed by atoms with Crippen LogP contribution in [0.5, 0.6) is 11.5 Å². The number of hydrogen-bond donors (Lipinski definition) is 2. The van der Waals surface area contributed by atoms with Gasteiger partial charge in [-0.1, -0.05) is 48.5 Å². The zero-order valence-corrected chi connectivity index (χ0v) is 13.7. The highest BCUT2D eigenvalue weighted by molar-refractivity contribution is 6.10. The normalized spacial score (nSPS) is 21.0. The number of benzene rings is 3. The van der Waals surface area contributed by atoms with Crippen molar-refractivity contribution in [3.05, 3.63) is 48.5 Å². The Kier molecular flexibility index (Phi) is 4.44. The van der Waals surface area contributed by atoms with Gasteiger partial charge in [0.15, 0.2) is 0 Å². The van der Waals surface area contributed by atoms with E-state index in [9.17, 15) is 10.2 Å². The lowest BCUT2D eigenvalue weighted by Crippen LogP contribution is -2.06. The molecule has 0 aromatic heterocycles. The summed E-state index contributed by atoms with van der Waals surface area (Å²) in [6.07, 6.45) is 0.785. The van der Waals surface area contributed by atoms with Crippen molar-refractivity contribution >= 4 is 21.5 Å². The largest absolute Gasteiger partial charge is 0.507 e. The number of fused-ring (bicyclic) bond motifs is 2. The minimum Gasteiger partial charge on any atom is -0.507 e. The van der Waals surface area contributed by atoms with Gasteiger partial charge in [0.2, 0.25) is 0 Å². The van der Waals surface area contributed by atoms with E-state index in [2.05, 4.69) is 0 Å². The van der Waals surface area contributed by atoms with Gasteiger partial charge in [-0.2, -0.15) is 0 Å². The number of aromatic hydroxyl groups is 2. The third-order valence-corrected chi connectivity index (χ3v) is 4.29. The Morgan fingerprint density at radius 3 is 1.32 bits per heavy atom. The minimum atomic E-state index is 0.226. The van der Waals surface area contributed by atoms with Crippen LogP contribution in [0, 0.1) is 0 Å². The van der Waals surface area contributed by atoms with Crippen LogP contribution in [0.1, 0.15) is 0 Å². The third kappa shape index (κ3) is 3.69. The Hall–Kier alpha value is -2.34. The molecule has 0 bridgehead atoms. The van der Waals surface area contributed by atoms with Crippen molar-refractivity contribution in [3.63, 3.8) is 0 Å². The summed E-state index contributed by atoms with van der Waals surface area (Å²) in [5.41, 5.74) is 0. The number of rotatable bonds is 4. The number of phenols is 2. The lowest BCUT2D eigenvalue weighted by atomic mass is 10.0. The summed E-state index contributed by atoms with van der Waals surface area (Å²) < 4.78 is 15.1. The Morgan fingerprint density at radius 2 is 1.04 bits per heavy atom. The maximum atomic E-state index is 10.1. The van der Waals surface area contributed by atoms with E-state index in [0.717, 1.165) is 26.4 Å². The Bertz CT molecular complexity index is 755. The summed E-state index contributed by atoms with van der Waals surface area (Å²) in [5, 5.41) is 23.0. The van der Waals surface area contributed by atoms with Gasteiger partial charge in [0, 0.05) is 21.5 Å². The molecular weight excluding hydrogens is 320 g/mol. The average molecular weight is 340 g/mol. The lowest BCUT2D eigenvalue weighted by Gasteiger charge is -2.08. The molecule has 2 heterocycles. The van der Waals surface area contributed by atoms with E-state index in [1.807, 2.05) is 24.3 Å². The van der Waals surface area contributed by atoms with Gasteiger partial charge >= 0.3 is 0 Å². The van der Waals surface area contributed by atoms with Crippen molar-refractivity contribution in [1.82, 2.24) is 0 Å². The Labute approximate surface area is 145 Å². The maximum absolute atomic E-state index is 10.1. The van der Waals surface area contributed by atoms with Crippen LogP contribution < -0.4 is 0 Å². The second kappa shape index (κ2) is 6.88. The molecular formula is C20H20O5. The first-order chi connectivity index (χ1) is 12.2. The molecule has 5 nitrogen and oxygen atoms in total. The standard InChI is InChI=1S/C14H10O2.C6H10O3/c15-13-9-5-1-2-6-10(9)14(16)12-8-4-3-7-11(12)13;1(5-3-8-5)7-2-6-4-9-6/h1-8,15-16H;5-6H,1-4H2. The zero-order chi connectivity index (χ0) is 17.2. The van der Waals surface area contributed by atoms with Crippen molar-refractivity contribution in [2.24, 2.45) is 0 Å². The Morgan fingerprint density at radius 1 is 0.720 bits per heavy atom. The predicted molar refractivity (Wildman–Crippen MR) is 95.1 cm³/mol. The summed E-state index contributed by atoms with van der Waals surface area (Å²) in [6, 6.07) is 14.6. The molecule has 0 spiro atoms. The molecule has 0 amide bonds.